The van der Waals surface area contributed by atoms with Crippen molar-refractivity contribution in [1.29, 1.82) is 0 Å². The predicted molar refractivity (Wildman–Crippen MR) is 44.2 cm³/mol. The Bertz CT molecular complexity index is 240. The molecule has 0 atom stereocenters. The molecule has 1 aliphatic rings. The number of amidine groups is 1. The van der Waals surface area contributed by atoms with Gasteiger partial charge < -0.3 is 0 Å². The number of nitrogens with zero attached hydrogens (tertiary/aromatic N) is 2. The zero-order valence-electron chi connectivity index (χ0n) is 6.45. The summed E-state index contributed by atoms with van der Waals surface area (Å²) < 4.78 is 0. The van der Waals surface area contributed by atoms with Gasteiger partial charge in [0.15, 0.2) is 0 Å². The Balaban J connectivity index is 2.89. The fourth-order valence-corrected chi connectivity index (χ4v) is 0.927. The van der Waals surface area contributed by atoms with Crippen LogP contribution in [0.15, 0.2) is 29.4 Å². The van der Waals surface area contributed by atoms with E-state index in [-0.39, 0.29) is 0 Å². The van der Waals surface area contributed by atoms with Crippen molar-refractivity contribution in [2.45, 2.75) is 6.92 Å². The van der Waals surface area contributed by atoms with Gasteiger partial charge in [0.1, 0.15) is 5.84 Å². The van der Waals surface area contributed by atoms with Crippen molar-refractivity contribution < 1.29 is 4.79 Å². The van der Waals surface area contributed by atoms with Crippen molar-refractivity contribution in [3.63, 3.8) is 0 Å². The molecule has 0 aromatic carbocycles. The van der Waals surface area contributed by atoms with Gasteiger partial charge in [-0.2, -0.15) is 0 Å². The van der Waals surface area contributed by atoms with Gasteiger partial charge in [-0.25, -0.2) is 0 Å². The summed E-state index contributed by atoms with van der Waals surface area (Å²) in [5, 5.41) is 0. The Morgan fingerprint density at radius 3 is 3.00 bits per heavy atom. The largest absolute Gasteiger partial charge is 0.278 e. The van der Waals surface area contributed by atoms with Crippen molar-refractivity contribution in [2.75, 3.05) is 6.54 Å². The molecule has 0 saturated heterocycles. The topological polar surface area (TPSA) is 32.7 Å². The molecule has 0 aromatic heterocycles. The molecule has 58 valence electrons. The second-order valence-electron chi connectivity index (χ2n) is 2.22. The predicted octanol–water partition coefficient (Wildman–Crippen LogP) is 0.947. The molecule has 1 heterocycles. The van der Waals surface area contributed by atoms with E-state index in [0.29, 0.717) is 12.4 Å². The molecule has 0 spiro atoms. The highest BCUT2D eigenvalue weighted by atomic mass is 16.1. The number of carbonyl (C=O) groups excluding carboxylic acids is 1. The van der Waals surface area contributed by atoms with Gasteiger partial charge in [-0.1, -0.05) is 6.58 Å². The van der Waals surface area contributed by atoms with Gasteiger partial charge in [-0.15, -0.1) is 0 Å². The highest BCUT2D eigenvalue weighted by Crippen LogP contribution is 2.07. The number of carbonyl (C=O) groups is 1. The molecule has 0 fully saturated rings. The summed E-state index contributed by atoms with van der Waals surface area (Å²) in [4.78, 5) is 16.0. The minimum absolute atomic E-state index is 0.625. The monoisotopic (exact) mass is 150 g/mol. The van der Waals surface area contributed by atoms with Crippen LogP contribution in [-0.2, 0) is 4.79 Å². The van der Waals surface area contributed by atoms with Crippen LogP contribution in [0, 0.1) is 0 Å². The Morgan fingerprint density at radius 1 is 1.82 bits per heavy atom. The van der Waals surface area contributed by atoms with Crippen molar-refractivity contribution in [3.8, 4) is 0 Å². The molecule has 0 saturated carbocycles. The lowest BCUT2D eigenvalue weighted by atomic mass is 10.3. The fraction of sp³-hybridized carbons (Fsp3) is 0.250. The van der Waals surface area contributed by atoms with Gasteiger partial charge in [0, 0.05) is 5.70 Å². The first-order valence-corrected chi connectivity index (χ1v) is 3.37. The molecule has 3 heteroatoms. The molecule has 0 N–H and O–H groups in total. The Kier molecular flexibility index (Phi) is 2.21. The van der Waals surface area contributed by atoms with Gasteiger partial charge >= 0.3 is 0 Å². The number of aliphatic imine (C=N–C) groups is 1. The lowest BCUT2D eigenvalue weighted by molar-refractivity contribution is -0.113. The first-order valence-electron chi connectivity index (χ1n) is 3.37. The molecule has 0 aromatic rings. The molecule has 1 amide bonds. The van der Waals surface area contributed by atoms with Crippen LogP contribution in [0.4, 0.5) is 0 Å². The normalized spacial score (nSPS) is 17.0. The van der Waals surface area contributed by atoms with Crippen LogP contribution >= 0.6 is 0 Å². The summed E-state index contributed by atoms with van der Waals surface area (Å²) in [6.45, 7) is 6.06. The van der Waals surface area contributed by atoms with Crippen LogP contribution in [0.25, 0.3) is 0 Å². The van der Waals surface area contributed by atoms with Crippen LogP contribution in [0.1, 0.15) is 6.92 Å². The minimum atomic E-state index is 0.625. The first-order chi connectivity index (χ1) is 5.29. The third-order valence-corrected chi connectivity index (χ3v) is 1.55. The zero-order chi connectivity index (χ0) is 8.27. The van der Waals surface area contributed by atoms with E-state index in [2.05, 4.69) is 11.6 Å². The third-order valence-electron chi connectivity index (χ3n) is 1.55. The molecule has 1 aliphatic heterocycles. The molecule has 0 unspecified atom stereocenters. The summed E-state index contributed by atoms with van der Waals surface area (Å²) in [7, 11) is 0. The number of rotatable bonds is 2. The molecular weight excluding hydrogens is 140 g/mol. The lowest BCUT2D eigenvalue weighted by Crippen LogP contribution is -2.28. The van der Waals surface area contributed by atoms with E-state index in [1.165, 1.54) is 4.90 Å². The quantitative estimate of drug-likeness (QED) is 0.539. The summed E-state index contributed by atoms with van der Waals surface area (Å²) in [6.07, 6.45) is 4.21. The van der Waals surface area contributed by atoms with Gasteiger partial charge in [0.2, 0.25) is 6.41 Å². The maximum absolute atomic E-state index is 10.5. The number of allylic oxidation sites excluding steroid dienone is 1. The van der Waals surface area contributed by atoms with Crippen LogP contribution < -0.4 is 0 Å². The van der Waals surface area contributed by atoms with Gasteiger partial charge in [0.05, 0.1) is 6.54 Å². The van der Waals surface area contributed by atoms with Crippen molar-refractivity contribution >= 4 is 12.2 Å². The average molecular weight is 150 g/mol. The Morgan fingerprint density at radius 2 is 2.55 bits per heavy atom. The van der Waals surface area contributed by atoms with E-state index >= 15 is 0 Å². The molecule has 1 rings (SSSR count). The van der Waals surface area contributed by atoms with Gasteiger partial charge in [0.25, 0.3) is 0 Å². The lowest BCUT2D eigenvalue weighted by Gasteiger charge is -2.20. The molecule has 0 radical (unpaired) electrons. The van der Waals surface area contributed by atoms with E-state index in [9.17, 15) is 4.79 Å². The van der Waals surface area contributed by atoms with Gasteiger partial charge in [-0.3, -0.25) is 14.7 Å². The summed E-state index contributed by atoms with van der Waals surface area (Å²) in [5.74, 6) is 0.625. The fourth-order valence-electron chi connectivity index (χ4n) is 0.927. The Labute approximate surface area is 65.7 Å². The van der Waals surface area contributed by atoms with Crippen LogP contribution in [0.3, 0.4) is 0 Å². The van der Waals surface area contributed by atoms with E-state index in [4.69, 9.17) is 0 Å². The molecular formula is C8H10N2O. The maximum atomic E-state index is 10.5. The van der Waals surface area contributed by atoms with E-state index < -0.39 is 0 Å². The Hall–Kier alpha value is -1.38. The average Bonchev–Trinajstić information content (AvgIpc) is 2.04. The summed E-state index contributed by atoms with van der Waals surface area (Å²) >= 11 is 0. The van der Waals surface area contributed by atoms with Gasteiger partial charge in [-0.05, 0) is 19.1 Å². The van der Waals surface area contributed by atoms with Crippen molar-refractivity contribution in [3.05, 3.63) is 24.4 Å². The smallest absolute Gasteiger partial charge is 0.219 e. The number of amides is 1. The molecule has 0 bridgehead atoms. The third kappa shape index (κ3) is 1.37. The van der Waals surface area contributed by atoms with E-state index in [0.717, 1.165) is 12.1 Å². The van der Waals surface area contributed by atoms with Crippen LogP contribution in [-0.4, -0.2) is 23.7 Å². The van der Waals surface area contributed by atoms with Crippen LogP contribution in [0.5, 0.6) is 0 Å². The second-order valence-corrected chi connectivity index (χ2v) is 2.22. The highest BCUT2D eigenvalue weighted by molar-refractivity contribution is 6.00. The summed E-state index contributed by atoms with van der Waals surface area (Å²) in [5.41, 5.74) is 0.907. The second kappa shape index (κ2) is 3.14. The van der Waals surface area contributed by atoms with Crippen molar-refractivity contribution in [2.24, 2.45) is 4.99 Å². The van der Waals surface area contributed by atoms with E-state index in [1.54, 1.807) is 6.08 Å². The SMILES string of the molecule is C=CC1=NCC=C(C)N1C=O. The summed E-state index contributed by atoms with van der Waals surface area (Å²) in [6, 6.07) is 0. The standard InChI is InChI=1S/C8H10N2O/c1-3-8-9-5-4-7(2)10(8)6-11/h3-4,6H,1,5H2,2H3. The maximum Gasteiger partial charge on any atom is 0.219 e. The highest BCUT2D eigenvalue weighted by Gasteiger charge is 2.11. The number of hydrogen-bond donors (Lipinski definition) is 0. The zero-order valence-corrected chi connectivity index (χ0v) is 6.45. The van der Waals surface area contributed by atoms with Crippen LogP contribution in [0.2, 0.25) is 0 Å². The first kappa shape index (κ1) is 7.72. The molecule has 11 heavy (non-hydrogen) atoms. The van der Waals surface area contributed by atoms with Crippen molar-refractivity contribution in [1.82, 2.24) is 4.90 Å². The molecule has 3 nitrogen and oxygen atoms in total. The number of hydrogen-bond acceptors (Lipinski definition) is 2. The van der Waals surface area contributed by atoms with E-state index in [1.807, 2.05) is 13.0 Å². The molecule has 0 aliphatic carbocycles. The minimum Gasteiger partial charge on any atom is -0.278 e.